The second kappa shape index (κ2) is 2.39. The molecule has 1 heterocycles. The monoisotopic (exact) mass is 187 g/mol. The molecule has 0 radical (unpaired) electrons. The zero-order valence-corrected chi connectivity index (χ0v) is 7.69. The number of carbonyl (C=O) groups is 1. The lowest BCUT2D eigenvalue weighted by atomic mass is 9.96. The van der Waals surface area contributed by atoms with Crippen molar-refractivity contribution < 1.29 is 9.90 Å². The standard InChI is InChI=1S/C8H13NO2S/c9-8(6(10)11)4-7(8)2-1-3-12-5-7/h1-5,9H2,(H,10,11). The molecule has 1 saturated heterocycles. The molecule has 2 fully saturated rings. The maximum absolute atomic E-state index is 10.8. The molecule has 2 aliphatic rings. The van der Waals surface area contributed by atoms with Gasteiger partial charge < -0.3 is 10.8 Å². The van der Waals surface area contributed by atoms with E-state index in [0.717, 1.165) is 24.3 Å². The molecule has 68 valence electrons. The summed E-state index contributed by atoms with van der Waals surface area (Å²) in [6, 6.07) is 0. The van der Waals surface area contributed by atoms with Gasteiger partial charge in [-0.25, -0.2) is 0 Å². The molecular formula is C8H13NO2S. The first-order valence-electron chi connectivity index (χ1n) is 4.21. The first kappa shape index (κ1) is 8.38. The topological polar surface area (TPSA) is 63.3 Å². The van der Waals surface area contributed by atoms with Gasteiger partial charge >= 0.3 is 5.97 Å². The summed E-state index contributed by atoms with van der Waals surface area (Å²) in [6.45, 7) is 0. The Bertz CT molecular complexity index is 225. The second-order valence-corrected chi connectivity index (χ2v) is 4.99. The average Bonchev–Trinajstić information content (AvgIpc) is 2.59. The fourth-order valence-corrected chi connectivity index (χ4v) is 3.52. The molecule has 1 spiro atoms. The van der Waals surface area contributed by atoms with Gasteiger partial charge in [-0.2, -0.15) is 11.8 Å². The lowest BCUT2D eigenvalue weighted by Crippen LogP contribution is -2.41. The minimum Gasteiger partial charge on any atom is -0.480 e. The fourth-order valence-electron chi connectivity index (χ4n) is 2.14. The van der Waals surface area contributed by atoms with E-state index in [4.69, 9.17) is 10.8 Å². The van der Waals surface area contributed by atoms with E-state index in [1.54, 1.807) is 0 Å². The van der Waals surface area contributed by atoms with E-state index in [9.17, 15) is 4.79 Å². The van der Waals surface area contributed by atoms with E-state index in [1.165, 1.54) is 0 Å². The van der Waals surface area contributed by atoms with Crippen molar-refractivity contribution >= 4 is 17.7 Å². The van der Waals surface area contributed by atoms with Gasteiger partial charge in [-0.15, -0.1) is 0 Å². The highest BCUT2D eigenvalue weighted by Crippen LogP contribution is 2.61. The molecule has 2 rings (SSSR count). The van der Waals surface area contributed by atoms with Crippen LogP contribution < -0.4 is 5.73 Å². The lowest BCUT2D eigenvalue weighted by molar-refractivity contribution is -0.140. The fraction of sp³-hybridized carbons (Fsp3) is 0.875. The SMILES string of the molecule is NC1(C(=O)O)CC12CCCSC2. The van der Waals surface area contributed by atoms with Gasteiger partial charge in [0.05, 0.1) is 0 Å². The Morgan fingerprint density at radius 1 is 1.58 bits per heavy atom. The zero-order valence-electron chi connectivity index (χ0n) is 6.88. The highest BCUT2D eigenvalue weighted by Gasteiger charge is 2.69. The predicted molar refractivity (Wildman–Crippen MR) is 48.2 cm³/mol. The molecule has 1 saturated carbocycles. The molecule has 4 heteroatoms. The van der Waals surface area contributed by atoms with Gasteiger partial charge in [-0.1, -0.05) is 0 Å². The van der Waals surface area contributed by atoms with Crippen LogP contribution in [0.1, 0.15) is 19.3 Å². The van der Waals surface area contributed by atoms with Crippen LogP contribution in [0.2, 0.25) is 0 Å². The summed E-state index contributed by atoms with van der Waals surface area (Å²) in [7, 11) is 0. The van der Waals surface area contributed by atoms with Crippen LogP contribution in [0.5, 0.6) is 0 Å². The molecule has 1 aliphatic carbocycles. The molecular weight excluding hydrogens is 174 g/mol. The summed E-state index contributed by atoms with van der Waals surface area (Å²) in [6.07, 6.45) is 2.81. The van der Waals surface area contributed by atoms with E-state index >= 15 is 0 Å². The van der Waals surface area contributed by atoms with Crippen molar-refractivity contribution in [2.75, 3.05) is 11.5 Å². The molecule has 2 atom stereocenters. The molecule has 0 aromatic heterocycles. The molecule has 1 aliphatic heterocycles. The van der Waals surface area contributed by atoms with Crippen molar-refractivity contribution in [2.45, 2.75) is 24.8 Å². The summed E-state index contributed by atoms with van der Waals surface area (Å²) in [5.41, 5.74) is 4.84. The summed E-state index contributed by atoms with van der Waals surface area (Å²) in [4.78, 5) is 10.8. The van der Waals surface area contributed by atoms with Crippen molar-refractivity contribution in [1.82, 2.24) is 0 Å². The Labute approximate surface area is 75.7 Å². The normalized spacial score (nSPS) is 46.1. The Kier molecular flexibility index (Phi) is 1.67. The molecule has 0 aromatic carbocycles. The third kappa shape index (κ3) is 0.910. The van der Waals surface area contributed by atoms with Crippen molar-refractivity contribution in [3.63, 3.8) is 0 Å². The third-order valence-corrected chi connectivity index (χ3v) is 4.48. The molecule has 0 bridgehead atoms. The van der Waals surface area contributed by atoms with Crippen molar-refractivity contribution in [3.05, 3.63) is 0 Å². The van der Waals surface area contributed by atoms with Gasteiger partial charge in [0.15, 0.2) is 0 Å². The van der Waals surface area contributed by atoms with Crippen LogP contribution in [0, 0.1) is 5.41 Å². The Balaban J connectivity index is 2.12. The van der Waals surface area contributed by atoms with E-state index < -0.39 is 11.5 Å². The second-order valence-electron chi connectivity index (χ2n) is 3.89. The number of carboxylic acid groups (broad SMARTS) is 1. The maximum Gasteiger partial charge on any atom is 0.324 e. The maximum atomic E-state index is 10.8. The van der Waals surface area contributed by atoms with Crippen LogP contribution in [0.4, 0.5) is 0 Å². The Morgan fingerprint density at radius 3 is 2.75 bits per heavy atom. The molecule has 0 amide bonds. The molecule has 0 aromatic rings. The van der Waals surface area contributed by atoms with E-state index in [0.29, 0.717) is 6.42 Å². The van der Waals surface area contributed by atoms with Gasteiger partial charge in [0.1, 0.15) is 5.54 Å². The van der Waals surface area contributed by atoms with Crippen molar-refractivity contribution in [2.24, 2.45) is 11.1 Å². The average molecular weight is 187 g/mol. The predicted octanol–water partition coefficient (Wildman–Crippen LogP) is 0.686. The Morgan fingerprint density at radius 2 is 2.33 bits per heavy atom. The van der Waals surface area contributed by atoms with Crippen LogP contribution in [0.25, 0.3) is 0 Å². The van der Waals surface area contributed by atoms with E-state index in [2.05, 4.69) is 0 Å². The van der Waals surface area contributed by atoms with Crippen LogP contribution in [0.15, 0.2) is 0 Å². The van der Waals surface area contributed by atoms with E-state index in [1.807, 2.05) is 11.8 Å². The van der Waals surface area contributed by atoms with Crippen LogP contribution in [-0.4, -0.2) is 28.1 Å². The van der Waals surface area contributed by atoms with Crippen molar-refractivity contribution in [3.8, 4) is 0 Å². The summed E-state index contributed by atoms with van der Waals surface area (Å²) < 4.78 is 0. The first-order valence-corrected chi connectivity index (χ1v) is 5.36. The van der Waals surface area contributed by atoms with Crippen molar-refractivity contribution in [1.29, 1.82) is 0 Å². The summed E-state index contributed by atoms with van der Waals surface area (Å²) >= 11 is 1.84. The first-order chi connectivity index (χ1) is 5.61. The molecule has 3 N–H and O–H groups in total. The van der Waals surface area contributed by atoms with Gasteiger partial charge in [-0.3, -0.25) is 4.79 Å². The summed E-state index contributed by atoms with van der Waals surface area (Å²) in [5, 5.41) is 8.90. The van der Waals surface area contributed by atoms with Gasteiger partial charge in [0.25, 0.3) is 0 Å². The van der Waals surface area contributed by atoms with Crippen LogP contribution in [0.3, 0.4) is 0 Å². The highest BCUT2D eigenvalue weighted by atomic mass is 32.2. The zero-order chi connectivity index (χ0) is 8.82. The lowest BCUT2D eigenvalue weighted by Gasteiger charge is -2.23. The number of thioether (sulfide) groups is 1. The smallest absolute Gasteiger partial charge is 0.324 e. The van der Waals surface area contributed by atoms with Crippen LogP contribution in [-0.2, 0) is 4.79 Å². The summed E-state index contributed by atoms with van der Waals surface area (Å²) in [5.74, 6) is 1.29. The molecule has 12 heavy (non-hydrogen) atoms. The third-order valence-electron chi connectivity index (χ3n) is 3.14. The minimum absolute atomic E-state index is 0.0538. The number of aliphatic carboxylic acids is 1. The number of nitrogens with two attached hydrogens (primary N) is 1. The van der Waals surface area contributed by atoms with Crippen LogP contribution >= 0.6 is 11.8 Å². The number of hydrogen-bond donors (Lipinski definition) is 2. The highest BCUT2D eigenvalue weighted by molar-refractivity contribution is 7.99. The number of hydrogen-bond acceptors (Lipinski definition) is 3. The quantitative estimate of drug-likeness (QED) is 0.634. The molecule has 3 nitrogen and oxygen atoms in total. The molecule has 2 unspecified atom stereocenters. The van der Waals surface area contributed by atoms with Gasteiger partial charge in [0.2, 0.25) is 0 Å². The number of carboxylic acids is 1. The van der Waals surface area contributed by atoms with E-state index in [-0.39, 0.29) is 5.41 Å². The number of rotatable bonds is 1. The van der Waals surface area contributed by atoms with Gasteiger partial charge in [-0.05, 0) is 25.0 Å². The van der Waals surface area contributed by atoms with Gasteiger partial charge in [0, 0.05) is 11.2 Å². The largest absolute Gasteiger partial charge is 0.480 e. The minimum atomic E-state index is -0.888. The Hall–Kier alpha value is -0.220.